The standard InChI is InChI=1S/C3BrNO/c4-3(1-5)2-6. The third kappa shape index (κ3) is 1.71. The largest absolute Gasteiger partial charge is 0.231 e. The predicted molar refractivity (Wildman–Crippen MR) is 23.7 cm³/mol. The quantitative estimate of drug-likeness (QED) is 0.371. The fourth-order valence-corrected chi connectivity index (χ4v) is 0.0228. The van der Waals surface area contributed by atoms with Crippen LogP contribution in [0.5, 0.6) is 0 Å². The Balaban J connectivity index is 3.99. The minimum atomic E-state index is -0.0949. The zero-order valence-electron chi connectivity index (χ0n) is 2.73. The van der Waals surface area contributed by atoms with E-state index in [9.17, 15) is 4.79 Å². The Morgan fingerprint density at radius 3 is 2.33 bits per heavy atom. The second-order valence-electron chi connectivity index (χ2n) is 0.528. The van der Waals surface area contributed by atoms with Crippen molar-refractivity contribution in [2.75, 3.05) is 0 Å². The molecule has 0 rings (SSSR count). The van der Waals surface area contributed by atoms with Gasteiger partial charge < -0.3 is 0 Å². The molecule has 0 aromatic carbocycles. The van der Waals surface area contributed by atoms with E-state index in [-0.39, 0.29) is 4.48 Å². The summed E-state index contributed by atoms with van der Waals surface area (Å²) < 4.78 is -0.0949. The molecule has 0 radical (unpaired) electrons. The molecule has 2 nitrogen and oxygen atoms in total. The zero-order chi connectivity index (χ0) is 4.99. The molecule has 0 amide bonds. The maximum Gasteiger partial charge on any atom is 0.178 e. The van der Waals surface area contributed by atoms with Gasteiger partial charge in [0, 0.05) is 0 Å². The lowest BCUT2D eigenvalue weighted by Crippen LogP contribution is -1.55. The first-order valence-electron chi connectivity index (χ1n) is 1.12. The van der Waals surface area contributed by atoms with Gasteiger partial charge in [0.25, 0.3) is 0 Å². The Morgan fingerprint density at radius 1 is 1.83 bits per heavy atom. The predicted octanol–water partition coefficient (Wildman–Crippen LogP) is 0.620. The summed E-state index contributed by atoms with van der Waals surface area (Å²) in [7, 11) is 0. The third-order valence-electron chi connectivity index (χ3n) is 0.188. The molecule has 0 N–H and O–H groups in total. The van der Waals surface area contributed by atoms with Crippen LogP contribution in [0.1, 0.15) is 0 Å². The summed E-state index contributed by atoms with van der Waals surface area (Å²) in [6.07, 6.45) is 0. The molecule has 0 aliphatic rings. The molecule has 30 valence electrons. The van der Waals surface area contributed by atoms with E-state index in [4.69, 9.17) is 5.26 Å². The van der Waals surface area contributed by atoms with Crippen molar-refractivity contribution in [3.05, 3.63) is 4.48 Å². The number of allylic oxidation sites excluding steroid dienone is 1. The summed E-state index contributed by atoms with van der Waals surface area (Å²) in [5.41, 5.74) is 0. The highest BCUT2D eigenvalue weighted by molar-refractivity contribution is 9.12. The molecule has 0 aliphatic carbocycles. The summed E-state index contributed by atoms with van der Waals surface area (Å²) in [4.78, 5) is 9.30. The van der Waals surface area contributed by atoms with Crippen molar-refractivity contribution in [1.82, 2.24) is 0 Å². The van der Waals surface area contributed by atoms with Gasteiger partial charge in [-0.3, -0.25) is 0 Å². The van der Waals surface area contributed by atoms with E-state index in [0.29, 0.717) is 0 Å². The van der Waals surface area contributed by atoms with Crippen molar-refractivity contribution in [3.63, 3.8) is 0 Å². The average molecular weight is 146 g/mol. The first-order chi connectivity index (χ1) is 2.81. The van der Waals surface area contributed by atoms with Crippen LogP contribution in [0, 0.1) is 11.3 Å². The Labute approximate surface area is 43.2 Å². The monoisotopic (exact) mass is 145 g/mol. The van der Waals surface area contributed by atoms with Gasteiger partial charge in [-0.2, -0.15) is 5.26 Å². The van der Waals surface area contributed by atoms with E-state index in [2.05, 4.69) is 15.9 Å². The minimum Gasteiger partial charge on any atom is -0.231 e. The molecule has 3 heteroatoms. The molecule has 6 heavy (non-hydrogen) atoms. The third-order valence-corrected chi connectivity index (χ3v) is 0.527. The number of hydrogen-bond donors (Lipinski definition) is 0. The van der Waals surface area contributed by atoms with Crippen molar-refractivity contribution >= 4 is 21.9 Å². The summed E-state index contributed by atoms with van der Waals surface area (Å²) in [5.74, 6) is 1.34. The molecule has 0 spiro atoms. The molecule has 0 bridgehead atoms. The highest BCUT2D eigenvalue weighted by Gasteiger charge is 1.77. The fraction of sp³-hybridized carbons (Fsp3) is 0. The Kier molecular flexibility index (Phi) is 2.39. The van der Waals surface area contributed by atoms with E-state index < -0.39 is 0 Å². The van der Waals surface area contributed by atoms with Gasteiger partial charge >= 0.3 is 0 Å². The second kappa shape index (κ2) is 2.65. The number of halogens is 1. The summed E-state index contributed by atoms with van der Waals surface area (Å²) in [6, 6.07) is 1.52. The SMILES string of the molecule is N#CC(Br)=C=O. The van der Waals surface area contributed by atoms with Crippen LogP contribution in [-0.4, -0.2) is 5.94 Å². The minimum absolute atomic E-state index is 0.0949. The molecule has 0 aromatic heterocycles. The molecule has 0 aliphatic heterocycles. The maximum atomic E-state index is 9.30. The van der Waals surface area contributed by atoms with Gasteiger partial charge in [-0.05, 0) is 15.9 Å². The normalized spacial score (nSPS) is 5.33. The van der Waals surface area contributed by atoms with Gasteiger partial charge in [-0.15, -0.1) is 0 Å². The van der Waals surface area contributed by atoms with Crippen LogP contribution in [0.25, 0.3) is 0 Å². The number of carbonyl (C=O) groups excluding carboxylic acids is 1. The van der Waals surface area contributed by atoms with Gasteiger partial charge in [0.15, 0.2) is 10.4 Å². The van der Waals surface area contributed by atoms with E-state index >= 15 is 0 Å². The van der Waals surface area contributed by atoms with Crippen molar-refractivity contribution in [2.45, 2.75) is 0 Å². The lowest BCUT2D eigenvalue weighted by atomic mass is 10.7. The second-order valence-corrected chi connectivity index (χ2v) is 1.32. The van der Waals surface area contributed by atoms with E-state index in [1.165, 1.54) is 12.0 Å². The number of nitriles is 1. The summed E-state index contributed by atoms with van der Waals surface area (Å²) in [5, 5.41) is 7.74. The molecule has 0 heterocycles. The van der Waals surface area contributed by atoms with Gasteiger partial charge in [-0.25, -0.2) is 4.79 Å². The van der Waals surface area contributed by atoms with E-state index in [1.807, 2.05) is 0 Å². The first-order valence-corrected chi connectivity index (χ1v) is 1.91. The van der Waals surface area contributed by atoms with E-state index in [0.717, 1.165) is 0 Å². The Hall–Kier alpha value is -0.580. The summed E-state index contributed by atoms with van der Waals surface area (Å²) in [6.45, 7) is 0. The van der Waals surface area contributed by atoms with Crippen LogP contribution in [0.2, 0.25) is 0 Å². The van der Waals surface area contributed by atoms with Crippen LogP contribution in [0.15, 0.2) is 4.48 Å². The maximum absolute atomic E-state index is 9.30. The Morgan fingerprint density at radius 2 is 2.33 bits per heavy atom. The van der Waals surface area contributed by atoms with Crippen LogP contribution in [-0.2, 0) is 4.79 Å². The highest BCUT2D eigenvalue weighted by Crippen LogP contribution is 1.92. The number of nitrogens with zero attached hydrogens (tertiary/aromatic N) is 1. The lowest BCUT2D eigenvalue weighted by molar-refractivity contribution is 0.569. The molecular formula is C3BrNO. The molecule has 0 unspecified atom stereocenters. The van der Waals surface area contributed by atoms with Gasteiger partial charge in [0.05, 0.1) is 0 Å². The number of rotatable bonds is 0. The zero-order valence-corrected chi connectivity index (χ0v) is 4.32. The van der Waals surface area contributed by atoms with Crippen LogP contribution < -0.4 is 0 Å². The topological polar surface area (TPSA) is 40.9 Å². The lowest BCUT2D eigenvalue weighted by Gasteiger charge is -1.55. The molecule has 0 aromatic rings. The molecule has 0 atom stereocenters. The Bertz CT molecular complexity index is 128. The highest BCUT2D eigenvalue weighted by atomic mass is 79.9. The molecular weight excluding hydrogens is 146 g/mol. The van der Waals surface area contributed by atoms with E-state index in [1.54, 1.807) is 0 Å². The van der Waals surface area contributed by atoms with Crippen LogP contribution >= 0.6 is 15.9 Å². The molecule has 0 saturated carbocycles. The van der Waals surface area contributed by atoms with Crippen LogP contribution in [0.3, 0.4) is 0 Å². The van der Waals surface area contributed by atoms with Crippen molar-refractivity contribution in [2.24, 2.45) is 0 Å². The smallest absolute Gasteiger partial charge is 0.178 e. The van der Waals surface area contributed by atoms with Gasteiger partial charge in [0.1, 0.15) is 6.07 Å². The fourth-order valence-electron chi connectivity index (χ4n) is 0.0228. The van der Waals surface area contributed by atoms with Crippen molar-refractivity contribution in [3.8, 4) is 6.07 Å². The van der Waals surface area contributed by atoms with Crippen LogP contribution in [0.4, 0.5) is 0 Å². The summed E-state index contributed by atoms with van der Waals surface area (Å²) >= 11 is 2.61. The average Bonchev–Trinajstić information content (AvgIpc) is 1.65. The van der Waals surface area contributed by atoms with Crippen molar-refractivity contribution < 1.29 is 4.79 Å². The first kappa shape index (κ1) is 5.42. The van der Waals surface area contributed by atoms with Gasteiger partial charge in [0.2, 0.25) is 0 Å². The molecule has 0 fully saturated rings. The number of hydrogen-bond acceptors (Lipinski definition) is 2. The molecule has 0 saturated heterocycles. The van der Waals surface area contributed by atoms with Crippen molar-refractivity contribution in [1.29, 1.82) is 5.26 Å². The van der Waals surface area contributed by atoms with Gasteiger partial charge in [-0.1, -0.05) is 0 Å².